The molecule has 0 radical (unpaired) electrons. The highest BCUT2D eigenvalue weighted by Crippen LogP contribution is 2.28. The molecule has 0 fully saturated rings. The first-order valence-electron chi connectivity index (χ1n) is 8.40. The number of hydrogen-bond donors (Lipinski definition) is 1. The zero-order valence-corrected chi connectivity index (χ0v) is 14.7. The average molecular weight is 338 g/mol. The minimum Gasteiger partial charge on any atom is -0.494 e. The van der Waals surface area contributed by atoms with Crippen molar-refractivity contribution in [1.82, 2.24) is 4.57 Å². The highest BCUT2D eigenvalue weighted by atomic mass is 16.3. The number of unbranched alkanes of at least 4 members (excludes halogenated alkanes) is 1. The molecule has 0 aliphatic rings. The number of carbonyl (C=O) groups excluding carboxylic acids is 1. The summed E-state index contributed by atoms with van der Waals surface area (Å²) in [6.07, 6.45) is 1.80. The van der Waals surface area contributed by atoms with Crippen molar-refractivity contribution in [3.63, 3.8) is 0 Å². The summed E-state index contributed by atoms with van der Waals surface area (Å²) in [5.74, 6) is -0.610. The molecule has 2 aromatic rings. The van der Waals surface area contributed by atoms with Crippen molar-refractivity contribution < 1.29 is 9.90 Å². The summed E-state index contributed by atoms with van der Waals surface area (Å²) in [4.78, 5) is 25.3. The first-order chi connectivity index (χ1) is 11.9. The van der Waals surface area contributed by atoms with Crippen LogP contribution in [0.3, 0.4) is 0 Å². The molecule has 0 spiro atoms. The van der Waals surface area contributed by atoms with Gasteiger partial charge >= 0.3 is 0 Å². The van der Waals surface area contributed by atoms with Crippen molar-refractivity contribution in [3.8, 4) is 11.9 Å². The molecule has 1 heterocycles. The van der Waals surface area contributed by atoms with Gasteiger partial charge in [0.05, 0.1) is 11.6 Å². The second kappa shape index (κ2) is 7.80. The molecule has 0 saturated heterocycles. The Kier molecular flexibility index (Phi) is 5.76. The number of ketones is 1. The number of hydrogen-bond acceptors (Lipinski definition) is 4. The van der Waals surface area contributed by atoms with Gasteiger partial charge in [-0.15, -0.1) is 0 Å². The molecule has 0 aliphatic carbocycles. The number of nitriles is 1. The molecular weight excluding hydrogens is 316 g/mol. The number of pyridine rings is 1. The van der Waals surface area contributed by atoms with E-state index in [0.29, 0.717) is 6.42 Å². The number of Topliss-reactive ketones (excluding diaryl/α,β-unsaturated/α-hetero) is 1. The van der Waals surface area contributed by atoms with Gasteiger partial charge in [-0.2, -0.15) is 5.26 Å². The molecule has 1 N–H and O–H groups in total. The van der Waals surface area contributed by atoms with Gasteiger partial charge in [0.15, 0.2) is 5.78 Å². The molecule has 2 rings (SSSR count). The van der Waals surface area contributed by atoms with Gasteiger partial charge in [0.25, 0.3) is 5.56 Å². The third kappa shape index (κ3) is 3.48. The summed E-state index contributed by atoms with van der Waals surface area (Å²) >= 11 is 0. The highest BCUT2D eigenvalue weighted by molar-refractivity contribution is 6.00. The molecule has 130 valence electrons. The molecule has 1 aromatic heterocycles. The predicted molar refractivity (Wildman–Crippen MR) is 95.9 cm³/mol. The van der Waals surface area contributed by atoms with Crippen molar-refractivity contribution in [2.24, 2.45) is 0 Å². The van der Waals surface area contributed by atoms with E-state index in [0.717, 1.165) is 16.6 Å². The lowest BCUT2D eigenvalue weighted by atomic mass is 9.97. The lowest BCUT2D eigenvalue weighted by Gasteiger charge is -2.21. The lowest BCUT2D eigenvalue weighted by molar-refractivity contribution is 0.0974. The van der Waals surface area contributed by atoms with E-state index in [9.17, 15) is 20.0 Å². The molecule has 5 nitrogen and oxygen atoms in total. The molecule has 1 atom stereocenters. The molecule has 0 bridgehead atoms. The van der Waals surface area contributed by atoms with E-state index < -0.39 is 11.6 Å². The van der Waals surface area contributed by atoms with Gasteiger partial charge < -0.3 is 5.11 Å². The molecule has 25 heavy (non-hydrogen) atoms. The first kappa shape index (κ1) is 18.5. The van der Waals surface area contributed by atoms with Gasteiger partial charge in [0.1, 0.15) is 11.6 Å². The van der Waals surface area contributed by atoms with E-state index in [1.807, 2.05) is 43.3 Å². The molecule has 1 unspecified atom stereocenters. The van der Waals surface area contributed by atoms with Crippen LogP contribution in [0.1, 0.15) is 66.2 Å². The van der Waals surface area contributed by atoms with Crippen molar-refractivity contribution in [2.75, 3.05) is 0 Å². The fraction of sp³-hybridized carbons (Fsp3) is 0.350. The van der Waals surface area contributed by atoms with Gasteiger partial charge in [-0.3, -0.25) is 14.2 Å². The molecule has 0 aliphatic heterocycles. The standard InChI is InChI=1S/C20H22N2O3/c1-4-5-11-17(23)18-13(2)16(12-21)19(24)22(20(18)25)14(3)15-9-7-6-8-10-15/h6-10,14,25H,4-5,11H2,1-3H3. The largest absolute Gasteiger partial charge is 0.494 e. The maximum Gasteiger partial charge on any atom is 0.272 e. The van der Waals surface area contributed by atoms with Crippen LogP contribution in [0.5, 0.6) is 5.88 Å². The molecule has 1 aromatic carbocycles. The summed E-state index contributed by atoms with van der Waals surface area (Å²) in [7, 11) is 0. The summed E-state index contributed by atoms with van der Waals surface area (Å²) < 4.78 is 1.14. The van der Waals surface area contributed by atoms with Gasteiger partial charge in [-0.25, -0.2) is 0 Å². The highest BCUT2D eigenvalue weighted by Gasteiger charge is 2.26. The van der Waals surface area contributed by atoms with Crippen LogP contribution in [0.4, 0.5) is 0 Å². The van der Waals surface area contributed by atoms with Gasteiger partial charge in [-0.1, -0.05) is 43.7 Å². The Morgan fingerprint density at radius 3 is 2.52 bits per heavy atom. The van der Waals surface area contributed by atoms with Crippen LogP contribution in [-0.2, 0) is 0 Å². The SMILES string of the molecule is CCCCC(=O)c1c(C)c(C#N)c(=O)n(C(C)c2ccccc2)c1O. The maximum atomic E-state index is 12.7. The molecule has 5 heteroatoms. The molecule has 0 saturated carbocycles. The molecule has 0 amide bonds. The zero-order valence-electron chi connectivity index (χ0n) is 14.7. The quantitative estimate of drug-likeness (QED) is 0.814. The topological polar surface area (TPSA) is 83.1 Å². The van der Waals surface area contributed by atoms with Crippen LogP contribution < -0.4 is 5.56 Å². The van der Waals surface area contributed by atoms with Crippen LogP contribution in [0.2, 0.25) is 0 Å². The van der Waals surface area contributed by atoms with Crippen molar-refractivity contribution in [2.45, 2.75) is 46.1 Å². The lowest BCUT2D eigenvalue weighted by Crippen LogP contribution is -2.29. The number of rotatable bonds is 6. The van der Waals surface area contributed by atoms with E-state index in [2.05, 4.69) is 0 Å². The van der Waals surface area contributed by atoms with Crippen LogP contribution in [0, 0.1) is 18.3 Å². The first-order valence-corrected chi connectivity index (χ1v) is 8.40. The van der Waals surface area contributed by atoms with Crippen molar-refractivity contribution >= 4 is 5.78 Å². The maximum absolute atomic E-state index is 12.7. The van der Waals surface area contributed by atoms with E-state index in [1.165, 1.54) is 6.92 Å². The Bertz CT molecular complexity index is 877. The Hall–Kier alpha value is -2.87. The van der Waals surface area contributed by atoms with Crippen LogP contribution >= 0.6 is 0 Å². The van der Waals surface area contributed by atoms with Crippen LogP contribution in [0.25, 0.3) is 0 Å². The minimum absolute atomic E-state index is 0.0763. The number of benzene rings is 1. The van der Waals surface area contributed by atoms with Gasteiger partial charge in [-0.05, 0) is 31.4 Å². The van der Waals surface area contributed by atoms with E-state index in [1.54, 1.807) is 6.92 Å². The molecular formula is C20H22N2O3. The van der Waals surface area contributed by atoms with Gasteiger partial charge in [0, 0.05) is 6.42 Å². The number of aromatic hydroxyl groups is 1. The number of nitrogens with zero attached hydrogens (tertiary/aromatic N) is 2. The van der Waals surface area contributed by atoms with E-state index >= 15 is 0 Å². The van der Waals surface area contributed by atoms with Crippen molar-refractivity contribution in [3.05, 3.63) is 62.9 Å². The average Bonchev–Trinajstić information content (AvgIpc) is 2.60. The predicted octanol–water partition coefficient (Wildman–Crippen LogP) is 3.72. The normalized spacial score (nSPS) is 11.8. The number of aromatic nitrogens is 1. The summed E-state index contributed by atoms with van der Waals surface area (Å²) in [5, 5.41) is 20.1. The van der Waals surface area contributed by atoms with Gasteiger partial charge in [0.2, 0.25) is 5.88 Å². The summed E-state index contributed by atoms with van der Waals surface area (Å²) in [6, 6.07) is 10.6. The monoisotopic (exact) mass is 338 g/mol. The minimum atomic E-state index is -0.583. The third-order valence-corrected chi connectivity index (χ3v) is 4.45. The Morgan fingerprint density at radius 1 is 1.32 bits per heavy atom. The number of carbonyl (C=O) groups is 1. The Balaban J connectivity index is 2.70. The zero-order chi connectivity index (χ0) is 18.6. The van der Waals surface area contributed by atoms with Crippen molar-refractivity contribution in [1.29, 1.82) is 5.26 Å². The second-order valence-corrected chi connectivity index (χ2v) is 6.10. The fourth-order valence-corrected chi connectivity index (χ4v) is 2.96. The summed E-state index contributed by atoms with van der Waals surface area (Å²) in [5.41, 5.74) is 0.455. The van der Waals surface area contributed by atoms with E-state index in [-0.39, 0.29) is 34.8 Å². The third-order valence-electron chi connectivity index (χ3n) is 4.45. The smallest absolute Gasteiger partial charge is 0.272 e. The fourth-order valence-electron chi connectivity index (χ4n) is 2.96. The Morgan fingerprint density at radius 2 is 1.96 bits per heavy atom. The van der Waals surface area contributed by atoms with Crippen LogP contribution in [-0.4, -0.2) is 15.5 Å². The Labute approximate surface area is 147 Å². The summed E-state index contributed by atoms with van der Waals surface area (Å²) in [6.45, 7) is 5.27. The van der Waals surface area contributed by atoms with E-state index in [4.69, 9.17) is 0 Å². The second-order valence-electron chi connectivity index (χ2n) is 6.10. The van der Waals surface area contributed by atoms with Crippen LogP contribution in [0.15, 0.2) is 35.1 Å².